The first-order chi connectivity index (χ1) is 5.13. The number of hydrogen-bond acceptors (Lipinski definition) is 0. The van der Waals surface area contributed by atoms with Crippen LogP contribution in [0.2, 0.25) is 0 Å². The third-order valence-corrected chi connectivity index (χ3v) is 1.75. The molecule has 0 N–H and O–H groups in total. The Morgan fingerprint density at radius 3 is 1.67 bits per heavy atom. The molecule has 0 aromatic carbocycles. The molecule has 0 aliphatic rings. The monoisotopic (exact) mass is 166 g/mol. The zero-order valence-electron chi connectivity index (χ0n) is 9.36. The highest BCUT2D eigenvalue weighted by Crippen LogP contribution is 2.26. The molecule has 0 radical (unpaired) electrons. The summed E-state index contributed by atoms with van der Waals surface area (Å²) in [6.07, 6.45) is 4.35. The highest BCUT2D eigenvalue weighted by atomic mass is 14.2. The molecule has 0 rings (SSSR count). The third kappa shape index (κ3) is 5.17. The molecule has 0 saturated carbocycles. The van der Waals surface area contributed by atoms with E-state index in [0.717, 1.165) is 0 Å². The summed E-state index contributed by atoms with van der Waals surface area (Å²) in [6.45, 7) is 17.2. The van der Waals surface area contributed by atoms with Gasteiger partial charge in [-0.05, 0) is 10.8 Å². The molecule has 0 aromatic heterocycles. The van der Waals surface area contributed by atoms with E-state index in [1.165, 1.54) is 5.57 Å². The first kappa shape index (κ1) is 11.5. The predicted octanol–water partition coefficient (Wildman–Crippen LogP) is 4.19. The van der Waals surface area contributed by atoms with E-state index in [1.807, 2.05) is 0 Å². The Kier molecular flexibility index (Phi) is 3.32. The highest BCUT2D eigenvalue weighted by molar-refractivity contribution is 5.22. The fraction of sp³-hybridized carbons (Fsp3) is 0.667. The van der Waals surface area contributed by atoms with Crippen molar-refractivity contribution in [2.24, 2.45) is 10.8 Å². The van der Waals surface area contributed by atoms with Gasteiger partial charge in [0.1, 0.15) is 0 Å². The minimum atomic E-state index is 0.196. The van der Waals surface area contributed by atoms with E-state index in [4.69, 9.17) is 0 Å². The van der Waals surface area contributed by atoms with E-state index in [-0.39, 0.29) is 10.8 Å². The molecule has 0 atom stereocenters. The summed E-state index contributed by atoms with van der Waals surface area (Å²) >= 11 is 0. The molecule has 0 amide bonds. The van der Waals surface area contributed by atoms with Crippen molar-refractivity contribution in [3.63, 3.8) is 0 Å². The molecule has 0 heterocycles. The van der Waals surface area contributed by atoms with E-state index in [2.05, 4.69) is 60.3 Å². The van der Waals surface area contributed by atoms with Crippen molar-refractivity contribution in [2.75, 3.05) is 0 Å². The van der Waals surface area contributed by atoms with Crippen LogP contribution in [-0.2, 0) is 0 Å². The van der Waals surface area contributed by atoms with Gasteiger partial charge < -0.3 is 0 Å². The van der Waals surface area contributed by atoms with E-state index in [1.54, 1.807) is 0 Å². The fourth-order valence-electron chi connectivity index (χ4n) is 0.601. The second-order valence-electron chi connectivity index (χ2n) is 5.47. The molecular weight excluding hydrogens is 144 g/mol. The molecule has 0 spiro atoms. The smallest absolute Gasteiger partial charge is 0.0138 e. The average Bonchev–Trinajstić information content (AvgIpc) is 1.78. The molecule has 0 saturated heterocycles. The first-order valence-electron chi connectivity index (χ1n) is 4.51. The van der Waals surface area contributed by atoms with Gasteiger partial charge in [-0.1, -0.05) is 65.8 Å². The zero-order chi connectivity index (χ0) is 9.99. The lowest BCUT2D eigenvalue weighted by atomic mass is 9.85. The highest BCUT2D eigenvalue weighted by Gasteiger charge is 2.13. The summed E-state index contributed by atoms with van der Waals surface area (Å²) < 4.78 is 0. The van der Waals surface area contributed by atoms with Crippen LogP contribution in [0.5, 0.6) is 0 Å². The predicted molar refractivity (Wildman–Crippen MR) is 57.2 cm³/mol. The van der Waals surface area contributed by atoms with Crippen LogP contribution in [-0.4, -0.2) is 0 Å². The van der Waals surface area contributed by atoms with Gasteiger partial charge in [-0.25, -0.2) is 0 Å². The van der Waals surface area contributed by atoms with Crippen molar-refractivity contribution >= 4 is 0 Å². The summed E-state index contributed by atoms with van der Waals surface area (Å²) in [5.41, 5.74) is 1.65. The SMILES string of the molecule is C=C(C=CC(C)(C)C)C(C)(C)C. The van der Waals surface area contributed by atoms with Gasteiger partial charge in [0.2, 0.25) is 0 Å². The molecule has 0 fully saturated rings. The van der Waals surface area contributed by atoms with E-state index in [0.29, 0.717) is 0 Å². The zero-order valence-corrected chi connectivity index (χ0v) is 9.36. The van der Waals surface area contributed by atoms with Crippen LogP contribution >= 0.6 is 0 Å². The second kappa shape index (κ2) is 3.47. The van der Waals surface area contributed by atoms with Crippen molar-refractivity contribution in [2.45, 2.75) is 41.5 Å². The molecule has 12 heavy (non-hydrogen) atoms. The largest absolute Gasteiger partial charge is 0.0953 e. The van der Waals surface area contributed by atoms with Gasteiger partial charge >= 0.3 is 0 Å². The lowest BCUT2D eigenvalue weighted by Gasteiger charge is -2.20. The lowest BCUT2D eigenvalue weighted by Crippen LogP contribution is -2.07. The van der Waals surface area contributed by atoms with Crippen molar-refractivity contribution in [3.8, 4) is 0 Å². The molecule has 0 heteroatoms. The number of rotatable bonds is 1. The lowest BCUT2D eigenvalue weighted by molar-refractivity contribution is 0.510. The number of hydrogen-bond donors (Lipinski definition) is 0. The Bertz CT molecular complexity index is 181. The summed E-state index contributed by atoms with van der Waals surface area (Å²) in [4.78, 5) is 0. The Morgan fingerprint density at radius 1 is 1.00 bits per heavy atom. The van der Waals surface area contributed by atoms with Gasteiger partial charge in [0.05, 0.1) is 0 Å². The molecule has 0 unspecified atom stereocenters. The van der Waals surface area contributed by atoms with Crippen molar-refractivity contribution in [1.82, 2.24) is 0 Å². The maximum Gasteiger partial charge on any atom is -0.0138 e. The maximum atomic E-state index is 4.04. The standard InChI is InChI=1S/C12H22/c1-10(12(5,6)7)8-9-11(2,3)4/h8-9H,1H2,2-7H3. The van der Waals surface area contributed by atoms with Crippen LogP contribution in [0.1, 0.15) is 41.5 Å². The molecule has 0 aliphatic heterocycles. The quantitative estimate of drug-likeness (QED) is 0.512. The van der Waals surface area contributed by atoms with Crippen LogP contribution < -0.4 is 0 Å². The third-order valence-electron chi connectivity index (χ3n) is 1.75. The molecular formula is C12H22. The van der Waals surface area contributed by atoms with E-state index < -0.39 is 0 Å². The van der Waals surface area contributed by atoms with Crippen LogP contribution in [0.4, 0.5) is 0 Å². The Morgan fingerprint density at radius 2 is 1.42 bits per heavy atom. The van der Waals surface area contributed by atoms with Crippen molar-refractivity contribution in [1.29, 1.82) is 0 Å². The van der Waals surface area contributed by atoms with Crippen LogP contribution in [0, 0.1) is 10.8 Å². The van der Waals surface area contributed by atoms with Gasteiger partial charge in [-0.15, -0.1) is 0 Å². The number of allylic oxidation sites excluding steroid dienone is 3. The summed E-state index contributed by atoms with van der Waals surface area (Å²) in [7, 11) is 0. The summed E-state index contributed by atoms with van der Waals surface area (Å²) in [5.74, 6) is 0. The minimum Gasteiger partial charge on any atom is -0.0953 e. The minimum absolute atomic E-state index is 0.196. The first-order valence-corrected chi connectivity index (χ1v) is 4.51. The van der Waals surface area contributed by atoms with Gasteiger partial charge in [-0.3, -0.25) is 0 Å². The van der Waals surface area contributed by atoms with Crippen molar-refractivity contribution in [3.05, 3.63) is 24.3 Å². The molecule has 0 nitrogen and oxygen atoms in total. The van der Waals surface area contributed by atoms with Gasteiger partial charge in [0.25, 0.3) is 0 Å². The summed E-state index contributed by atoms with van der Waals surface area (Å²) in [5, 5.41) is 0. The Balaban J connectivity index is 4.30. The van der Waals surface area contributed by atoms with Crippen LogP contribution in [0.15, 0.2) is 24.3 Å². The van der Waals surface area contributed by atoms with Crippen LogP contribution in [0.3, 0.4) is 0 Å². The van der Waals surface area contributed by atoms with Crippen molar-refractivity contribution < 1.29 is 0 Å². The van der Waals surface area contributed by atoms with E-state index >= 15 is 0 Å². The van der Waals surface area contributed by atoms with Gasteiger partial charge in [0.15, 0.2) is 0 Å². The summed E-state index contributed by atoms with van der Waals surface area (Å²) in [6, 6.07) is 0. The molecule has 70 valence electrons. The molecule has 0 aromatic rings. The Labute approximate surface area is 77.4 Å². The average molecular weight is 166 g/mol. The van der Waals surface area contributed by atoms with E-state index in [9.17, 15) is 0 Å². The Hall–Kier alpha value is -0.520. The topological polar surface area (TPSA) is 0 Å². The second-order valence-corrected chi connectivity index (χ2v) is 5.47. The van der Waals surface area contributed by atoms with Gasteiger partial charge in [-0.2, -0.15) is 0 Å². The van der Waals surface area contributed by atoms with Gasteiger partial charge in [0, 0.05) is 0 Å². The fourth-order valence-corrected chi connectivity index (χ4v) is 0.601. The molecule has 0 bridgehead atoms. The molecule has 0 aliphatic carbocycles. The maximum absolute atomic E-state index is 4.04. The van der Waals surface area contributed by atoms with Crippen LogP contribution in [0.25, 0.3) is 0 Å². The normalized spacial score (nSPS) is 13.8.